The van der Waals surface area contributed by atoms with Gasteiger partial charge < -0.3 is 15.4 Å². The fraction of sp³-hybridized carbons (Fsp3) is 0.111. The van der Waals surface area contributed by atoms with Crippen LogP contribution in [0.5, 0.6) is 5.75 Å². The Hall–Kier alpha value is -2.04. The average molecular weight is 195 g/mol. The lowest BCUT2D eigenvalue weighted by Crippen LogP contribution is -2.00. The van der Waals surface area contributed by atoms with E-state index in [2.05, 4.69) is 5.16 Å². The minimum atomic E-state index is -0.956. The molecule has 0 amide bonds. The number of aliphatic carboxylic acids is 1. The van der Waals surface area contributed by atoms with Gasteiger partial charge in [0.05, 0.1) is 12.6 Å². The summed E-state index contributed by atoms with van der Waals surface area (Å²) in [6, 6.07) is 4.30. The highest BCUT2D eigenvalue weighted by molar-refractivity contribution is 5.83. The van der Waals surface area contributed by atoms with Gasteiger partial charge in [-0.2, -0.15) is 0 Å². The number of hydrogen-bond donors (Lipinski definition) is 3. The molecule has 1 aromatic rings. The van der Waals surface area contributed by atoms with Crippen molar-refractivity contribution < 1.29 is 20.2 Å². The average Bonchev–Trinajstić information content (AvgIpc) is 2.10. The van der Waals surface area contributed by atoms with Crippen LogP contribution in [0.25, 0.3) is 0 Å². The number of rotatable bonds is 3. The lowest BCUT2D eigenvalue weighted by atomic mass is 10.1. The molecular weight excluding hydrogens is 186 g/mol. The Kier molecular flexibility index (Phi) is 3.06. The maximum atomic E-state index is 10.4. The van der Waals surface area contributed by atoms with Gasteiger partial charge in [-0.05, 0) is 17.7 Å². The van der Waals surface area contributed by atoms with E-state index in [0.29, 0.717) is 5.56 Å². The number of carboxylic acid groups (broad SMARTS) is 1. The van der Waals surface area contributed by atoms with Gasteiger partial charge in [-0.1, -0.05) is 11.2 Å². The number of carboxylic acids is 1. The number of aromatic hydroxyl groups is 1. The van der Waals surface area contributed by atoms with Crippen molar-refractivity contribution in [2.24, 2.45) is 5.16 Å². The van der Waals surface area contributed by atoms with E-state index in [1.807, 2.05) is 0 Å². The Balaban J connectivity index is 3.00. The first-order valence-electron chi connectivity index (χ1n) is 3.84. The second kappa shape index (κ2) is 4.27. The van der Waals surface area contributed by atoms with Crippen LogP contribution in [0.4, 0.5) is 0 Å². The van der Waals surface area contributed by atoms with Gasteiger partial charge in [0.15, 0.2) is 0 Å². The van der Waals surface area contributed by atoms with Gasteiger partial charge in [0.25, 0.3) is 0 Å². The van der Waals surface area contributed by atoms with Crippen LogP contribution in [0.2, 0.25) is 0 Å². The zero-order chi connectivity index (χ0) is 10.6. The third-order valence-electron chi connectivity index (χ3n) is 1.64. The van der Waals surface area contributed by atoms with Crippen LogP contribution >= 0.6 is 0 Å². The topological polar surface area (TPSA) is 90.1 Å². The Morgan fingerprint density at radius 2 is 2.21 bits per heavy atom. The van der Waals surface area contributed by atoms with E-state index in [1.54, 1.807) is 0 Å². The molecule has 0 fully saturated rings. The summed E-state index contributed by atoms with van der Waals surface area (Å²) in [5.41, 5.74) is 0.816. The third-order valence-corrected chi connectivity index (χ3v) is 1.64. The van der Waals surface area contributed by atoms with Gasteiger partial charge in [0.2, 0.25) is 0 Å². The molecule has 5 heteroatoms. The van der Waals surface area contributed by atoms with Gasteiger partial charge in [0, 0.05) is 5.56 Å². The second-order valence-electron chi connectivity index (χ2n) is 2.71. The minimum absolute atomic E-state index is 0.0584. The Morgan fingerprint density at radius 1 is 1.50 bits per heavy atom. The van der Waals surface area contributed by atoms with E-state index < -0.39 is 5.97 Å². The fourth-order valence-corrected chi connectivity index (χ4v) is 1.05. The highest BCUT2D eigenvalue weighted by Crippen LogP contribution is 2.16. The highest BCUT2D eigenvalue weighted by atomic mass is 16.4. The molecule has 1 rings (SSSR count). The van der Waals surface area contributed by atoms with Gasteiger partial charge in [-0.3, -0.25) is 4.79 Å². The molecule has 5 nitrogen and oxygen atoms in total. The Morgan fingerprint density at radius 3 is 2.79 bits per heavy atom. The van der Waals surface area contributed by atoms with Crippen LogP contribution < -0.4 is 0 Å². The number of nitrogens with zero attached hydrogens (tertiary/aromatic N) is 1. The summed E-state index contributed by atoms with van der Waals surface area (Å²) in [7, 11) is 0. The fourth-order valence-electron chi connectivity index (χ4n) is 1.05. The second-order valence-corrected chi connectivity index (χ2v) is 2.71. The molecule has 0 aromatic heterocycles. The van der Waals surface area contributed by atoms with Crippen LogP contribution in [0.1, 0.15) is 11.1 Å². The van der Waals surface area contributed by atoms with E-state index >= 15 is 0 Å². The molecule has 0 unspecified atom stereocenters. The van der Waals surface area contributed by atoms with Crippen molar-refractivity contribution in [1.82, 2.24) is 0 Å². The number of phenolic OH excluding ortho intramolecular Hbond substituents is 1. The van der Waals surface area contributed by atoms with Crippen molar-refractivity contribution in [3.05, 3.63) is 29.3 Å². The molecule has 0 radical (unpaired) electrons. The predicted octanol–water partition coefficient (Wildman–Crippen LogP) is 0.827. The number of hydrogen-bond acceptors (Lipinski definition) is 4. The smallest absolute Gasteiger partial charge is 0.307 e. The summed E-state index contributed by atoms with van der Waals surface area (Å²) in [4.78, 5) is 10.4. The summed E-state index contributed by atoms with van der Waals surface area (Å²) in [5.74, 6) is -1.01. The Labute approximate surface area is 79.9 Å². The molecule has 0 aliphatic carbocycles. The zero-order valence-electron chi connectivity index (χ0n) is 7.21. The summed E-state index contributed by atoms with van der Waals surface area (Å²) in [6.45, 7) is 0. The van der Waals surface area contributed by atoms with Gasteiger partial charge in [0.1, 0.15) is 5.75 Å². The van der Waals surface area contributed by atoms with Crippen LogP contribution in [0, 0.1) is 0 Å². The standard InChI is InChI=1S/C9H9NO4/c11-8-2-1-6(4-9(12)13)3-7(8)5-10-14/h1-3,5,11,14H,4H2,(H,12,13)/b10-5-. The first-order chi connectivity index (χ1) is 6.63. The summed E-state index contributed by atoms with van der Waals surface area (Å²) < 4.78 is 0. The Bertz CT molecular complexity index is 373. The van der Waals surface area contributed by atoms with Crippen LogP contribution in [0.15, 0.2) is 23.4 Å². The summed E-state index contributed by atoms with van der Waals surface area (Å²) >= 11 is 0. The molecule has 3 N–H and O–H groups in total. The molecule has 0 bridgehead atoms. The van der Waals surface area contributed by atoms with E-state index in [9.17, 15) is 9.90 Å². The summed E-state index contributed by atoms with van der Waals surface area (Å²) in [6.07, 6.45) is 0.910. The molecule has 0 spiro atoms. The minimum Gasteiger partial charge on any atom is -0.507 e. The van der Waals surface area contributed by atoms with Crippen molar-refractivity contribution in [2.75, 3.05) is 0 Å². The molecule has 0 aliphatic rings. The van der Waals surface area contributed by atoms with Crippen LogP contribution in [0.3, 0.4) is 0 Å². The molecular formula is C9H9NO4. The lowest BCUT2D eigenvalue weighted by molar-refractivity contribution is -0.136. The molecule has 0 saturated carbocycles. The molecule has 1 aromatic carbocycles. The molecule has 0 atom stereocenters. The van der Waals surface area contributed by atoms with Gasteiger partial charge in [-0.15, -0.1) is 0 Å². The van der Waals surface area contributed by atoms with E-state index in [1.165, 1.54) is 18.2 Å². The molecule has 0 heterocycles. The SMILES string of the molecule is O=C(O)Cc1ccc(O)c(/C=N\O)c1. The van der Waals surface area contributed by atoms with Crippen molar-refractivity contribution in [1.29, 1.82) is 0 Å². The molecule has 0 saturated heterocycles. The lowest BCUT2D eigenvalue weighted by Gasteiger charge is -2.01. The van der Waals surface area contributed by atoms with Gasteiger partial charge >= 0.3 is 5.97 Å². The van der Waals surface area contributed by atoms with Crippen molar-refractivity contribution in [2.45, 2.75) is 6.42 Å². The quantitative estimate of drug-likeness (QED) is 0.378. The maximum absolute atomic E-state index is 10.4. The highest BCUT2D eigenvalue weighted by Gasteiger charge is 2.04. The number of phenols is 1. The molecule has 74 valence electrons. The van der Waals surface area contributed by atoms with E-state index in [0.717, 1.165) is 6.21 Å². The molecule has 14 heavy (non-hydrogen) atoms. The van der Waals surface area contributed by atoms with Gasteiger partial charge in [-0.25, -0.2) is 0 Å². The molecule has 0 aliphatic heterocycles. The first-order valence-corrected chi connectivity index (χ1v) is 3.84. The number of oxime groups is 1. The zero-order valence-corrected chi connectivity index (χ0v) is 7.21. The normalized spacial score (nSPS) is 10.6. The van der Waals surface area contributed by atoms with Crippen molar-refractivity contribution in [3.63, 3.8) is 0 Å². The maximum Gasteiger partial charge on any atom is 0.307 e. The predicted molar refractivity (Wildman–Crippen MR) is 48.8 cm³/mol. The van der Waals surface area contributed by atoms with Crippen LogP contribution in [-0.2, 0) is 11.2 Å². The number of carbonyl (C=O) groups is 1. The third kappa shape index (κ3) is 2.48. The van der Waals surface area contributed by atoms with E-state index in [4.69, 9.17) is 10.3 Å². The van der Waals surface area contributed by atoms with E-state index in [-0.39, 0.29) is 17.7 Å². The first kappa shape index (κ1) is 10.0. The number of benzene rings is 1. The van der Waals surface area contributed by atoms with Crippen molar-refractivity contribution >= 4 is 12.2 Å². The van der Waals surface area contributed by atoms with Crippen LogP contribution in [-0.4, -0.2) is 27.6 Å². The monoisotopic (exact) mass is 195 g/mol. The largest absolute Gasteiger partial charge is 0.507 e. The van der Waals surface area contributed by atoms with Crippen molar-refractivity contribution in [3.8, 4) is 5.75 Å². The summed E-state index contributed by atoms with van der Waals surface area (Å²) in [5, 5.41) is 28.8.